The Balaban J connectivity index is 1.92. The van der Waals surface area contributed by atoms with Crippen molar-refractivity contribution in [1.29, 1.82) is 0 Å². The fourth-order valence-electron chi connectivity index (χ4n) is 2.28. The predicted octanol–water partition coefficient (Wildman–Crippen LogP) is 4.64. The highest BCUT2D eigenvalue weighted by Gasteiger charge is 2.07. The van der Waals surface area contributed by atoms with Crippen molar-refractivity contribution in [2.75, 3.05) is 11.9 Å². The molecule has 112 valence electrons. The zero-order chi connectivity index (χ0) is 15.2. The molecule has 0 aliphatic rings. The summed E-state index contributed by atoms with van der Waals surface area (Å²) in [6, 6.07) is 16.4. The number of rotatable bonds is 6. The van der Waals surface area contributed by atoms with E-state index in [1.54, 1.807) is 0 Å². The summed E-state index contributed by atoms with van der Waals surface area (Å²) in [6.45, 7) is 4.95. The van der Waals surface area contributed by atoms with Crippen molar-refractivity contribution < 1.29 is 5.11 Å². The average molecular weight is 395 g/mol. The lowest BCUT2D eigenvalue weighted by molar-refractivity contribution is 0.191. The molecule has 0 aromatic heterocycles. The van der Waals surface area contributed by atoms with E-state index in [1.165, 1.54) is 9.13 Å². The van der Waals surface area contributed by atoms with Crippen molar-refractivity contribution in [1.82, 2.24) is 0 Å². The Morgan fingerprint density at radius 3 is 2.43 bits per heavy atom. The van der Waals surface area contributed by atoms with E-state index in [4.69, 9.17) is 0 Å². The molecule has 0 amide bonds. The summed E-state index contributed by atoms with van der Waals surface area (Å²) >= 11 is 2.28. The van der Waals surface area contributed by atoms with Gasteiger partial charge in [-0.2, -0.15) is 0 Å². The Kier molecular flexibility index (Phi) is 6.06. The summed E-state index contributed by atoms with van der Waals surface area (Å²) in [4.78, 5) is 0. The zero-order valence-corrected chi connectivity index (χ0v) is 14.7. The molecule has 0 radical (unpaired) electrons. The van der Waals surface area contributed by atoms with Crippen molar-refractivity contribution in [2.24, 2.45) is 5.92 Å². The van der Waals surface area contributed by atoms with Crippen LogP contribution in [0.4, 0.5) is 5.69 Å². The number of aliphatic hydroxyl groups excluding tert-OH is 1. The molecule has 0 fully saturated rings. The highest BCUT2D eigenvalue weighted by atomic mass is 127. The van der Waals surface area contributed by atoms with E-state index >= 15 is 0 Å². The molecule has 1 unspecified atom stereocenters. The van der Waals surface area contributed by atoms with Crippen LogP contribution in [0.15, 0.2) is 48.5 Å². The summed E-state index contributed by atoms with van der Waals surface area (Å²) in [5.41, 5.74) is 3.32. The Hall–Kier alpha value is -1.07. The van der Waals surface area contributed by atoms with E-state index < -0.39 is 6.10 Å². The van der Waals surface area contributed by atoms with Crippen LogP contribution in [0.5, 0.6) is 0 Å². The Bertz CT molecular complexity index is 566. The molecule has 0 aliphatic carbocycles. The average Bonchev–Trinajstić information content (AvgIpc) is 2.45. The lowest BCUT2D eigenvalue weighted by Crippen LogP contribution is -2.12. The van der Waals surface area contributed by atoms with Gasteiger partial charge in [0, 0.05) is 15.8 Å². The summed E-state index contributed by atoms with van der Waals surface area (Å²) < 4.78 is 1.19. The Morgan fingerprint density at radius 2 is 1.81 bits per heavy atom. The fourth-order valence-corrected chi connectivity index (χ4v) is 2.82. The smallest absolute Gasteiger partial charge is 0.0962 e. The monoisotopic (exact) mass is 395 g/mol. The number of halogens is 1. The van der Waals surface area contributed by atoms with Crippen LogP contribution in [-0.2, 0) is 6.42 Å². The number of hydrogen-bond acceptors (Lipinski definition) is 2. The first-order chi connectivity index (χ1) is 10.0. The number of aliphatic hydroxyl groups is 1. The third kappa shape index (κ3) is 5.32. The molecule has 2 rings (SSSR count). The molecule has 21 heavy (non-hydrogen) atoms. The largest absolute Gasteiger partial charge is 0.387 e. The van der Waals surface area contributed by atoms with Gasteiger partial charge in [0.15, 0.2) is 0 Å². The maximum Gasteiger partial charge on any atom is 0.0962 e. The third-order valence-corrected chi connectivity index (χ3v) is 4.00. The van der Waals surface area contributed by atoms with Crippen molar-refractivity contribution in [3.8, 4) is 0 Å². The van der Waals surface area contributed by atoms with Crippen LogP contribution in [0.3, 0.4) is 0 Å². The molecule has 1 atom stereocenters. The van der Waals surface area contributed by atoms with E-state index in [1.807, 2.05) is 24.3 Å². The quantitative estimate of drug-likeness (QED) is 0.699. The third-order valence-electron chi connectivity index (χ3n) is 3.33. The van der Waals surface area contributed by atoms with Crippen LogP contribution in [0.25, 0.3) is 0 Å². The molecule has 2 N–H and O–H groups in total. The number of nitrogens with one attached hydrogen (secondary N) is 1. The minimum atomic E-state index is -0.490. The van der Waals surface area contributed by atoms with Crippen LogP contribution in [0.1, 0.15) is 31.1 Å². The van der Waals surface area contributed by atoms with Crippen LogP contribution in [0, 0.1) is 9.49 Å². The van der Waals surface area contributed by atoms with Gasteiger partial charge in [-0.15, -0.1) is 0 Å². The Labute approximate surface area is 140 Å². The van der Waals surface area contributed by atoms with Gasteiger partial charge in [-0.3, -0.25) is 0 Å². The maximum atomic E-state index is 10.3. The predicted molar refractivity (Wildman–Crippen MR) is 97.6 cm³/mol. The molecular formula is C18H22INO. The number of benzene rings is 2. The Morgan fingerprint density at radius 1 is 1.10 bits per heavy atom. The summed E-state index contributed by atoms with van der Waals surface area (Å²) in [7, 11) is 0. The van der Waals surface area contributed by atoms with Crippen molar-refractivity contribution >= 4 is 28.3 Å². The van der Waals surface area contributed by atoms with Crippen molar-refractivity contribution in [3.63, 3.8) is 0 Å². The second kappa shape index (κ2) is 7.80. The molecule has 0 heterocycles. The molecule has 2 aromatic rings. The van der Waals surface area contributed by atoms with Gasteiger partial charge in [0.2, 0.25) is 0 Å². The standard InChI is InChI=1S/C18H22INO/c1-13(2)10-14-6-8-15(9-7-14)18(21)12-20-17-5-3-4-16(19)11-17/h3-9,11,13,18,20-21H,10,12H2,1-2H3. The lowest BCUT2D eigenvalue weighted by Gasteiger charge is -2.14. The molecule has 2 aromatic carbocycles. The highest BCUT2D eigenvalue weighted by molar-refractivity contribution is 14.1. The van der Waals surface area contributed by atoms with E-state index in [0.717, 1.165) is 17.7 Å². The first-order valence-electron chi connectivity index (χ1n) is 7.31. The molecular weight excluding hydrogens is 373 g/mol. The van der Waals surface area contributed by atoms with E-state index in [2.05, 4.69) is 66.0 Å². The van der Waals surface area contributed by atoms with Crippen molar-refractivity contribution in [2.45, 2.75) is 26.4 Å². The normalized spacial score (nSPS) is 12.4. The fraction of sp³-hybridized carbons (Fsp3) is 0.333. The first kappa shape index (κ1) is 16.3. The lowest BCUT2D eigenvalue weighted by atomic mass is 10.0. The topological polar surface area (TPSA) is 32.3 Å². The van der Waals surface area contributed by atoms with E-state index in [9.17, 15) is 5.11 Å². The molecule has 0 bridgehead atoms. The molecule has 0 spiro atoms. The van der Waals surface area contributed by atoms with Gasteiger partial charge in [-0.25, -0.2) is 0 Å². The summed E-state index contributed by atoms with van der Waals surface area (Å²) in [6.07, 6.45) is 0.591. The minimum absolute atomic E-state index is 0.490. The SMILES string of the molecule is CC(C)Cc1ccc(C(O)CNc2cccc(I)c2)cc1. The van der Waals surface area contributed by atoms with Gasteiger partial charge < -0.3 is 10.4 Å². The second-order valence-corrected chi connectivity index (χ2v) is 6.99. The molecule has 3 heteroatoms. The van der Waals surface area contributed by atoms with Gasteiger partial charge in [0.05, 0.1) is 6.10 Å². The number of hydrogen-bond donors (Lipinski definition) is 2. The first-order valence-corrected chi connectivity index (χ1v) is 8.39. The van der Waals surface area contributed by atoms with Crippen LogP contribution in [0.2, 0.25) is 0 Å². The van der Waals surface area contributed by atoms with Crippen LogP contribution in [-0.4, -0.2) is 11.7 Å². The van der Waals surface area contributed by atoms with Crippen LogP contribution < -0.4 is 5.32 Å². The summed E-state index contributed by atoms with van der Waals surface area (Å²) in [5.74, 6) is 0.656. The molecule has 0 aliphatic heterocycles. The minimum Gasteiger partial charge on any atom is -0.387 e. The van der Waals surface area contributed by atoms with Crippen molar-refractivity contribution in [3.05, 3.63) is 63.2 Å². The van der Waals surface area contributed by atoms with E-state index in [0.29, 0.717) is 12.5 Å². The van der Waals surface area contributed by atoms with Gasteiger partial charge in [-0.1, -0.05) is 44.2 Å². The van der Waals surface area contributed by atoms with Gasteiger partial charge in [0.1, 0.15) is 0 Å². The maximum absolute atomic E-state index is 10.3. The summed E-state index contributed by atoms with van der Waals surface area (Å²) in [5, 5.41) is 13.5. The molecule has 2 nitrogen and oxygen atoms in total. The van der Waals surface area contributed by atoms with E-state index in [-0.39, 0.29) is 0 Å². The number of anilines is 1. The second-order valence-electron chi connectivity index (χ2n) is 5.75. The molecule has 0 saturated carbocycles. The zero-order valence-electron chi connectivity index (χ0n) is 12.5. The van der Waals surface area contributed by atoms with Gasteiger partial charge >= 0.3 is 0 Å². The highest BCUT2D eigenvalue weighted by Crippen LogP contribution is 2.18. The van der Waals surface area contributed by atoms with Crippen LogP contribution >= 0.6 is 22.6 Å². The van der Waals surface area contributed by atoms with Gasteiger partial charge in [0.25, 0.3) is 0 Å². The van der Waals surface area contributed by atoms with Gasteiger partial charge in [-0.05, 0) is 64.3 Å². The molecule has 0 saturated heterocycles.